The number of nitrogens with one attached hydrogen (secondary N) is 1. The van der Waals surface area contributed by atoms with Gasteiger partial charge in [-0.05, 0) is 39.2 Å². The molecule has 0 unspecified atom stereocenters. The monoisotopic (exact) mass is 262 g/mol. The topological polar surface area (TPSA) is 67.2 Å². The third kappa shape index (κ3) is 1.82. The van der Waals surface area contributed by atoms with Gasteiger partial charge in [-0.2, -0.15) is 5.10 Å². The maximum atomic E-state index is 12.3. The van der Waals surface area contributed by atoms with E-state index in [0.717, 1.165) is 25.0 Å². The first kappa shape index (κ1) is 12.2. The summed E-state index contributed by atoms with van der Waals surface area (Å²) in [5, 5.41) is 7.20. The van der Waals surface area contributed by atoms with Crippen molar-refractivity contribution in [2.24, 2.45) is 0 Å². The summed E-state index contributed by atoms with van der Waals surface area (Å²) in [6.45, 7) is 4.33. The van der Waals surface area contributed by atoms with Crippen molar-refractivity contribution in [2.75, 3.05) is 0 Å². The summed E-state index contributed by atoms with van der Waals surface area (Å²) in [6, 6.07) is 1.84. The van der Waals surface area contributed by atoms with E-state index in [-0.39, 0.29) is 24.5 Å². The zero-order valence-corrected chi connectivity index (χ0v) is 11.2. The Kier molecular flexibility index (Phi) is 2.62. The lowest BCUT2D eigenvalue weighted by Gasteiger charge is -2.34. The number of rotatable bonds is 3. The predicted octanol–water partition coefficient (Wildman–Crippen LogP) is 1.44. The van der Waals surface area contributed by atoms with E-state index in [1.165, 1.54) is 4.90 Å². The van der Waals surface area contributed by atoms with Gasteiger partial charge in [0.25, 0.3) is 5.91 Å². The van der Waals surface area contributed by atoms with Crippen LogP contribution in [-0.2, 0) is 11.3 Å². The van der Waals surface area contributed by atoms with Gasteiger partial charge in [0.1, 0.15) is 5.54 Å². The SMILES string of the molecule is CC(C)n1ccc(CN2C(=O)NC3(CCC3)C2=O)n1. The molecule has 2 aliphatic rings. The number of carbonyl (C=O) groups is 2. The number of amides is 3. The molecular weight excluding hydrogens is 244 g/mol. The summed E-state index contributed by atoms with van der Waals surface area (Å²) in [6.07, 6.45) is 4.39. The molecule has 1 aromatic rings. The van der Waals surface area contributed by atoms with Gasteiger partial charge in [-0.3, -0.25) is 14.4 Å². The molecule has 0 radical (unpaired) electrons. The van der Waals surface area contributed by atoms with Crippen molar-refractivity contribution in [3.8, 4) is 0 Å². The molecule has 1 aromatic heterocycles. The first-order valence-corrected chi connectivity index (χ1v) is 6.70. The highest BCUT2D eigenvalue weighted by molar-refractivity contribution is 6.07. The van der Waals surface area contributed by atoms with Crippen LogP contribution in [0, 0.1) is 0 Å². The Bertz CT molecular complexity index is 531. The molecule has 3 amide bonds. The molecule has 1 spiro atoms. The van der Waals surface area contributed by atoms with Crippen molar-refractivity contribution in [3.63, 3.8) is 0 Å². The van der Waals surface area contributed by atoms with Crippen molar-refractivity contribution in [3.05, 3.63) is 18.0 Å². The number of hydrogen-bond acceptors (Lipinski definition) is 3. The molecule has 1 saturated carbocycles. The second-order valence-corrected chi connectivity index (χ2v) is 5.64. The molecule has 1 N–H and O–H groups in total. The normalized spacial score (nSPS) is 21.1. The molecule has 6 heteroatoms. The second kappa shape index (κ2) is 4.08. The largest absolute Gasteiger partial charge is 0.325 e. The molecule has 2 heterocycles. The second-order valence-electron chi connectivity index (χ2n) is 5.64. The van der Waals surface area contributed by atoms with Crippen LogP contribution < -0.4 is 5.32 Å². The van der Waals surface area contributed by atoms with Crippen LogP contribution in [0.1, 0.15) is 44.8 Å². The molecule has 1 saturated heterocycles. The third-order valence-electron chi connectivity index (χ3n) is 3.97. The third-order valence-corrected chi connectivity index (χ3v) is 3.97. The van der Waals surface area contributed by atoms with Crippen LogP contribution >= 0.6 is 0 Å². The van der Waals surface area contributed by atoms with E-state index >= 15 is 0 Å². The first-order valence-electron chi connectivity index (χ1n) is 6.70. The van der Waals surface area contributed by atoms with E-state index < -0.39 is 5.54 Å². The number of nitrogens with zero attached hydrogens (tertiary/aromatic N) is 3. The maximum absolute atomic E-state index is 12.3. The predicted molar refractivity (Wildman–Crippen MR) is 68.3 cm³/mol. The van der Waals surface area contributed by atoms with Crippen molar-refractivity contribution in [2.45, 2.75) is 51.2 Å². The standard InChI is InChI=1S/C13H18N4O2/c1-9(2)17-7-4-10(15-17)8-16-11(18)13(5-3-6-13)14-12(16)19/h4,7,9H,3,5-6,8H2,1-2H3,(H,14,19). The van der Waals surface area contributed by atoms with Gasteiger partial charge in [0.2, 0.25) is 0 Å². The highest BCUT2D eigenvalue weighted by Crippen LogP contribution is 2.37. The minimum Gasteiger partial charge on any atom is -0.323 e. The van der Waals surface area contributed by atoms with Crippen LogP contribution in [0.3, 0.4) is 0 Å². The van der Waals surface area contributed by atoms with E-state index in [2.05, 4.69) is 10.4 Å². The van der Waals surface area contributed by atoms with E-state index in [1.807, 2.05) is 30.8 Å². The lowest BCUT2D eigenvalue weighted by Crippen LogP contribution is -2.52. The molecule has 3 rings (SSSR count). The molecule has 19 heavy (non-hydrogen) atoms. The van der Waals surface area contributed by atoms with E-state index in [4.69, 9.17) is 0 Å². The van der Waals surface area contributed by atoms with Crippen molar-refractivity contribution >= 4 is 11.9 Å². The molecule has 2 fully saturated rings. The Labute approximate surface area is 111 Å². The Balaban J connectivity index is 1.75. The van der Waals surface area contributed by atoms with Gasteiger partial charge < -0.3 is 5.32 Å². The average molecular weight is 262 g/mol. The minimum absolute atomic E-state index is 0.0946. The van der Waals surface area contributed by atoms with E-state index in [0.29, 0.717) is 0 Å². The number of urea groups is 1. The lowest BCUT2D eigenvalue weighted by molar-refractivity contribution is -0.134. The summed E-state index contributed by atoms with van der Waals surface area (Å²) < 4.78 is 1.83. The van der Waals surface area contributed by atoms with Crippen LogP contribution in [0.4, 0.5) is 4.79 Å². The summed E-state index contributed by atoms with van der Waals surface area (Å²) >= 11 is 0. The first-order chi connectivity index (χ1) is 9.02. The van der Waals surface area contributed by atoms with E-state index in [1.54, 1.807) is 0 Å². The summed E-state index contributed by atoms with van der Waals surface area (Å²) in [5.74, 6) is -0.0946. The lowest BCUT2D eigenvalue weighted by atomic mass is 9.77. The molecule has 1 aliphatic heterocycles. The van der Waals surface area contributed by atoms with Gasteiger partial charge in [0.05, 0.1) is 12.2 Å². The number of aromatic nitrogens is 2. The molecular formula is C13H18N4O2. The number of carbonyl (C=O) groups excluding carboxylic acids is 2. The average Bonchev–Trinajstić information content (AvgIpc) is 2.86. The minimum atomic E-state index is -0.600. The van der Waals surface area contributed by atoms with Gasteiger partial charge in [0.15, 0.2) is 0 Å². The van der Waals surface area contributed by atoms with Gasteiger partial charge in [-0.25, -0.2) is 4.79 Å². The molecule has 0 aromatic carbocycles. The Morgan fingerprint density at radius 2 is 2.16 bits per heavy atom. The quantitative estimate of drug-likeness (QED) is 0.838. The van der Waals surface area contributed by atoms with Gasteiger partial charge in [-0.15, -0.1) is 0 Å². The fraction of sp³-hybridized carbons (Fsp3) is 0.615. The molecule has 6 nitrogen and oxygen atoms in total. The van der Waals surface area contributed by atoms with Crippen molar-refractivity contribution in [1.29, 1.82) is 0 Å². The Morgan fingerprint density at radius 3 is 2.63 bits per heavy atom. The van der Waals surface area contributed by atoms with Crippen LogP contribution in [-0.4, -0.2) is 32.2 Å². The fourth-order valence-corrected chi connectivity index (χ4v) is 2.60. The maximum Gasteiger partial charge on any atom is 0.325 e. The van der Waals surface area contributed by atoms with E-state index in [9.17, 15) is 9.59 Å². The van der Waals surface area contributed by atoms with Gasteiger partial charge >= 0.3 is 6.03 Å². The fourth-order valence-electron chi connectivity index (χ4n) is 2.60. The molecule has 0 bridgehead atoms. The van der Waals surface area contributed by atoms with Gasteiger partial charge in [0, 0.05) is 12.2 Å². The molecule has 0 atom stereocenters. The molecule has 1 aliphatic carbocycles. The zero-order chi connectivity index (χ0) is 13.6. The zero-order valence-electron chi connectivity index (χ0n) is 11.2. The summed E-state index contributed by atoms with van der Waals surface area (Å²) in [4.78, 5) is 25.5. The summed E-state index contributed by atoms with van der Waals surface area (Å²) in [5.41, 5.74) is 0.145. The Morgan fingerprint density at radius 1 is 1.42 bits per heavy atom. The van der Waals surface area contributed by atoms with Crippen molar-refractivity contribution in [1.82, 2.24) is 20.0 Å². The van der Waals surface area contributed by atoms with Crippen LogP contribution in [0.15, 0.2) is 12.3 Å². The van der Waals surface area contributed by atoms with Crippen LogP contribution in [0.5, 0.6) is 0 Å². The highest BCUT2D eigenvalue weighted by atomic mass is 16.2. The van der Waals surface area contributed by atoms with Crippen LogP contribution in [0.2, 0.25) is 0 Å². The Hall–Kier alpha value is -1.85. The number of hydrogen-bond donors (Lipinski definition) is 1. The highest BCUT2D eigenvalue weighted by Gasteiger charge is 2.54. The van der Waals surface area contributed by atoms with Gasteiger partial charge in [-0.1, -0.05) is 0 Å². The van der Waals surface area contributed by atoms with Crippen molar-refractivity contribution < 1.29 is 9.59 Å². The number of imide groups is 1. The summed E-state index contributed by atoms with van der Waals surface area (Å²) in [7, 11) is 0. The smallest absolute Gasteiger partial charge is 0.323 e. The van der Waals surface area contributed by atoms with Crippen LogP contribution in [0.25, 0.3) is 0 Å². The molecule has 102 valence electrons.